The third-order valence-electron chi connectivity index (χ3n) is 3.36. The van der Waals surface area contributed by atoms with Crippen LogP contribution < -0.4 is 5.32 Å². The first-order chi connectivity index (χ1) is 7.27. The first-order valence-electron chi connectivity index (χ1n) is 5.83. The molecule has 2 fully saturated rings. The fourth-order valence-electron chi connectivity index (χ4n) is 2.32. The smallest absolute Gasteiger partial charge is 0.225 e. The van der Waals surface area contributed by atoms with Gasteiger partial charge in [0.15, 0.2) is 0 Å². The molecule has 1 heterocycles. The largest absolute Gasteiger partial charge is 0.391 e. The van der Waals surface area contributed by atoms with Crippen LogP contribution in [-0.4, -0.2) is 36.4 Å². The molecule has 1 aliphatic heterocycles. The van der Waals surface area contributed by atoms with E-state index < -0.39 is 0 Å². The van der Waals surface area contributed by atoms with Gasteiger partial charge in [-0.2, -0.15) is 0 Å². The molecule has 86 valence electrons. The van der Waals surface area contributed by atoms with Gasteiger partial charge in [-0.3, -0.25) is 4.79 Å². The molecular formula is C11H19NO3. The maximum Gasteiger partial charge on any atom is 0.225 e. The van der Waals surface area contributed by atoms with Crippen LogP contribution >= 0.6 is 0 Å². The zero-order valence-corrected chi connectivity index (χ0v) is 8.95. The van der Waals surface area contributed by atoms with Crippen LogP contribution in [0.1, 0.15) is 32.1 Å². The van der Waals surface area contributed by atoms with Gasteiger partial charge in [-0.1, -0.05) is 12.8 Å². The van der Waals surface area contributed by atoms with E-state index in [2.05, 4.69) is 5.32 Å². The van der Waals surface area contributed by atoms with E-state index >= 15 is 0 Å². The van der Waals surface area contributed by atoms with Gasteiger partial charge in [-0.15, -0.1) is 0 Å². The predicted molar refractivity (Wildman–Crippen MR) is 55.3 cm³/mol. The number of carbonyl (C=O) groups is 1. The molecule has 1 aliphatic carbocycles. The number of carbonyl (C=O) groups excluding carboxylic acids is 1. The molecular weight excluding hydrogens is 194 g/mol. The maximum absolute atomic E-state index is 11.8. The van der Waals surface area contributed by atoms with E-state index in [0.29, 0.717) is 13.2 Å². The van der Waals surface area contributed by atoms with Gasteiger partial charge in [0, 0.05) is 6.61 Å². The fourth-order valence-corrected chi connectivity index (χ4v) is 2.32. The standard InChI is InChI=1S/C11H19NO3/c13-10-4-2-1-3-9(10)12-11(14)8-5-6-15-7-8/h8-10,13H,1-7H2,(H,12,14)/t8?,9-,10-/m0/s1. The molecule has 0 aromatic rings. The SMILES string of the molecule is O=C(N[C@H]1CCCC[C@@H]1O)C1CCOC1. The number of aliphatic hydroxyl groups excluding tert-OH is 1. The Kier molecular flexibility index (Phi) is 3.59. The highest BCUT2D eigenvalue weighted by Crippen LogP contribution is 2.20. The summed E-state index contributed by atoms with van der Waals surface area (Å²) in [5, 5.41) is 12.7. The number of ether oxygens (including phenoxy) is 1. The van der Waals surface area contributed by atoms with E-state index in [0.717, 1.165) is 32.1 Å². The minimum Gasteiger partial charge on any atom is -0.391 e. The Balaban J connectivity index is 1.81. The lowest BCUT2D eigenvalue weighted by atomic mass is 9.92. The highest BCUT2D eigenvalue weighted by atomic mass is 16.5. The van der Waals surface area contributed by atoms with Crippen molar-refractivity contribution in [2.45, 2.75) is 44.2 Å². The van der Waals surface area contributed by atoms with E-state index in [1.807, 2.05) is 0 Å². The van der Waals surface area contributed by atoms with E-state index in [1.54, 1.807) is 0 Å². The summed E-state index contributed by atoms with van der Waals surface area (Å²) in [5.74, 6) is 0.0533. The second-order valence-corrected chi connectivity index (χ2v) is 4.53. The summed E-state index contributed by atoms with van der Waals surface area (Å²) in [5.41, 5.74) is 0. The highest BCUT2D eigenvalue weighted by Gasteiger charge is 2.29. The molecule has 3 atom stereocenters. The number of hydrogen-bond donors (Lipinski definition) is 2. The van der Waals surface area contributed by atoms with Crippen molar-refractivity contribution >= 4 is 5.91 Å². The van der Waals surface area contributed by atoms with Gasteiger partial charge in [0.1, 0.15) is 0 Å². The number of hydrogen-bond acceptors (Lipinski definition) is 3. The van der Waals surface area contributed by atoms with Crippen LogP contribution in [0.5, 0.6) is 0 Å². The Labute approximate surface area is 90.0 Å². The third kappa shape index (κ3) is 2.69. The van der Waals surface area contributed by atoms with E-state index in [4.69, 9.17) is 4.74 Å². The molecule has 2 aliphatic rings. The van der Waals surface area contributed by atoms with Crippen LogP contribution in [0.2, 0.25) is 0 Å². The van der Waals surface area contributed by atoms with Crippen LogP contribution in [0.4, 0.5) is 0 Å². The molecule has 2 N–H and O–H groups in total. The van der Waals surface area contributed by atoms with Crippen LogP contribution in [0.3, 0.4) is 0 Å². The summed E-state index contributed by atoms with van der Waals surface area (Å²) >= 11 is 0. The molecule has 1 amide bonds. The Morgan fingerprint density at radius 1 is 1.27 bits per heavy atom. The summed E-state index contributed by atoms with van der Waals surface area (Å²) in [6, 6.07) is -0.0353. The first-order valence-corrected chi connectivity index (χ1v) is 5.83. The lowest BCUT2D eigenvalue weighted by Gasteiger charge is -2.29. The summed E-state index contributed by atoms with van der Waals surface area (Å²) in [6.07, 6.45) is 4.34. The van der Waals surface area contributed by atoms with Crippen molar-refractivity contribution in [3.8, 4) is 0 Å². The lowest BCUT2D eigenvalue weighted by molar-refractivity contribution is -0.126. The molecule has 1 saturated heterocycles. The minimum absolute atomic E-state index is 0.000809. The van der Waals surface area contributed by atoms with Gasteiger partial charge < -0.3 is 15.2 Å². The summed E-state index contributed by atoms with van der Waals surface area (Å²) in [4.78, 5) is 11.8. The zero-order chi connectivity index (χ0) is 10.7. The van der Waals surface area contributed by atoms with Crippen LogP contribution in [0.25, 0.3) is 0 Å². The van der Waals surface area contributed by atoms with Crippen LogP contribution in [-0.2, 0) is 9.53 Å². The number of nitrogens with one attached hydrogen (secondary N) is 1. The molecule has 0 aromatic carbocycles. The second kappa shape index (κ2) is 4.94. The topological polar surface area (TPSA) is 58.6 Å². The molecule has 1 unspecified atom stereocenters. The monoisotopic (exact) mass is 213 g/mol. The second-order valence-electron chi connectivity index (χ2n) is 4.53. The number of amides is 1. The summed E-state index contributed by atoms with van der Waals surface area (Å²) in [6.45, 7) is 1.22. The fraction of sp³-hybridized carbons (Fsp3) is 0.909. The quantitative estimate of drug-likeness (QED) is 0.700. The van der Waals surface area contributed by atoms with Crippen molar-refractivity contribution in [1.82, 2.24) is 5.32 Å². The van der Waals surface area contributed by atoms with Crippen molar-refractivity contribution in [1.29, 1.82) is 0 Å². The van der Waals surface area contributed by atoms with Gasteiger partial charge in [-0.05, 0) is 19.3 Å². The maximum atomic E-state index is 11.8. The van der Waals surface area contributed by atoms with Gasteiger partial charge in [0.2, 0.25) is 5.91 Å². The van der Waals surface area contributed by atoms with E-state index in [-0.39, 0.29) is 24.0 Å². The van der Waals surface area contributed by atoms with Crippen LogP contribution in [0.15, 0.2) is 0 Å². The normalized spacial score (nSPS) is 36.5. The molecule has 1 saturated carbocycles. The van der Waals surface area contributed by atoms with Crippen molar-refractivity contribution in [3.63, 3.8) is 0 Å². The average Bonchev–Trinajstić information content (AvgIpc) is 2.74. The molecule has 2 rings (SSSR count). The van der Waals surface area contributed by atoms with Gasteiger partial charge in [0.05, 0.1) is 24.7 Å². The van der Waals surface area contributed by atoms with E-state index in [1.165, 1.54) is 0 Å². The van der Waals surface area contributed by atoms with Crippen LogP contribution in [0, 0.1) is 5.92 Å². The number of aliphatic hydroxyl groups is 1. The molecule has 4 heteroatoms. The Hall–Kier alpha value is -0.610. The number of rotatable bonds is 2. The lowest BCUT2D eigenvalue weighted by Crippen LogP contribution is -2.47. The highest BCUT2D eigenvalue weighted by molar-refractivity contribution is 5.79. The minimum atomic E-state index is -0.356. The Morgan fingerprint density at radius 2 is 2.07 bits per heavy atom. The van der Waals surface area contributed by atoms with Crippen molar-refractivity contribution in [3.05, 3.63) is 0 Å². The first kappa shape index (κ1) is 10.9. The summed E-state index contributed by atoms with van der Waals surface area (Å²) < 4.78 is 5.17. The van der Waals surface area contributed by atoms with Gasteiger partial charge in [0.25, 0.3) is 0 Å². The van der Waals surface area contributed by atoms with Gasteiger partial charge in [-0.25, -0.2) is 0 Å². The molecule has 15 heavy (non-hydrogen) atoms. The molecule has 0 spiro atoms. The average molecular weight is 213 g/mol. The van der Waals surface area contributed by atoms with Gasteiger partial charge >= 0.3 is 0 Å². The van der Waals surface area contributed by atoms with E-state index in [9.17, 15) is 9.90 Å². The molecule has 0 radical (unpaired) electrons. The Bertz CT molecular complexity index is 226. The predicted octanol–water partition coefficient (Wildman–Crippen LogP) is 0.443. The third-order valence-corrected chi connectivity index (χ3v) is 3.36. The molecule has 4 nitrogen and oxygen atoms in total. The Morgan fingerprint density at radius 3 is 2.73 bits per heavy atom. The molecule has 0 aromatic heterocycles. The van der Waals surface area contributed by atoms with Crippen molar-refractivity contribution in [2.24, 2.45) is 5.92 Å². The summed E-state index contributed by atoms with van der Waals surface area (Å²) in [7, 11) is 0. The van der Waals surface area contributed by atoms with Crippen molar-refractivity contribution < 1.29 is 14.6 Å². The van der Waals surface area contributed by atoms with Crippen molar-refractivity contribution in [2.75, 3.05) is 13.2 Å². The molecule has 0 bridgehead atoms. The zero-order valence-electron chi connectivity index (χ0n) is 8.95.